The largest absolute Gasteiger partial charge is 0.363 e. The molecular weight excluding hydrogens is 236 g/mol. The number of rotatable bonds is 4. The fraction of sp³-hybridized carbons (Fsp3) is 0.800. The fourth-order valence-electron chi connectivity index (χ4n) is 3.12. The van der Waals surface area contributed by atoms with Gasteiger partial charge >= 0.3 is 0 Å². The van der Waals surface area contributed by atoms with Crippen molar-refractivity contribution in [3.05, 3.63) is 11.9 Å². The zero-order valence-corrected chi connectivity index (χ0v) is 13.0. The maximum Gasteiger partial charge on any atom is 0.0827 e. The number of hydrogen-bond acceptors (Lipinski definition) is 3. The van der Waals surface area contributed by atoms with Gasteiger partial charge in [-0.2, -0.15) is 5.10 Å². The first-order valence-corrected chi connectivity index (χ1v) is 7.53. The molecule has 0 radical (unpaired) electrons. The Bertz CT molecular complexity index is 410. The number of anilines is 1. The van der Waals surface area contributed by atoms with Gasteiger partial charge in [-0.15, -0.1) is 0 Å². The predicted molar refractivity (Wildman–Crippen MR) is 80.6 cm³/mol. The first-order valence-electron chi connectivity index (χ1n) is 7.53. The van der Waals surface area contributed by atoms with Gasteiger partial charge in [0.15, 0.2) is 0 Å². The van der Waals surface area contributed by atoms with Gasteiger partial charge in [-0.05, 0) is 19.3 Å². The van der Waals surface area contributed by atoms with E-state index in [1.807, 2.05) is 11.7 Å². The Labute approximate surface area is 117 Å². The van der Waals surface area contributed by atoms with Gasteiger partial charge in [0.25, 0.3) is 0 Å². The lowest BCUT2D eigenvalue weighted by atomic mass is 9.96. The minimum Gasteiger partial charge on any atom is -0.363 e. The number of piperazine rings is 1. The van der Waals surface area contributed by atoms with E-state index in [4.69, 9.17) is 0 Å². The van der Waals surface area contributed by atoms with Crippen LogP contribution in [0.5, 0.6) is 0 Å². The van der Waals surface area contributed by atoms with Crippen molar-refractivity contribution >= 4 is 5.69 Å². The lowest BCUT2D eigenvalue weighted by molar-refractivity contribution is 0.327. The molecule has 1 aromatic rings. The Hall–Kier alpha value is -1.03. The second-order valence-corrected chi connectivity index (χ2v) is 6.13. The molecule has 2 unspecified atom stereocenters. The monoisotopic (exact) mass is 264 g/mol. The Morgan fingerprint density at radius 3 is 2.74 bits per heavy atom. The van der Waals surface area contributed by atoms with Crippen LogP contribution in [0.3, 0.4) is 0 Å². The molecule has 4 nitrogen and oxygen atoms in total. The predicted octanol–water partition coefficient (Wildman–Crippen LogP) is 2.33. The van der Waals surface area contributed by atoms with Gasteiger partial charge in [0.1, 0.15) is 0 Å². The topological polar surface area (TPSA) is 33.1 Å². The minimum atomic E-state index is 0.566. The molecule has 0 amide bonds. The second kappa shape index (κ2) is 5.95. The van der Waals surface area contributed by atoms with E-state index < -0.39 is 0 Å². The summed E-state index contributed by atoms with van der Waals surface area (Å²) < 4.78 is 1.93. The highest BCUT2D eigenvalue weighted by molar-refractivity contribution is 5.50. The molecule has 0 aliphatic carbocycles. The summed E-state index contributed by atoms with van der Waals surface area (Å²) in [5.41, 5.74) is 2.45. The highest BCUT2D eigenvalue weighted by Gasteiger charge is 2.31. The summed E-state index contributed by atoms with van der Waals surface area (Å²) in [6.45, 7) is 11.2. The van der Waals surface area contributed by atoms with Crippen LogP contribution in [0.4, 0.5) is 5.69 Å². The molecule has 0 aromatic carbocycles. The summed E-state index contributed by atoms with van der Waals surface area (Å²) in [4.78, 5) is 2.57. The van der Waals surface area contributed by atoms with Crippen LogP contribution in [0, 0.1) is 12.8 Å². The van der Waals surface area contributed by atoms with E-state index in [0.717, 1.165) is 18.8 Å². The SMILES string of the molecule is CCCC1CN(c2cn(C)nc2C)C(C(C)C)CN1. The van der Waals surface area contributed by atoms with Crippen molar-refractivity contribution in [2.75, 3.05) is 18.0 Å². The maximum absolute atomic E-state index is 4.51. The average molecular weight is 264 g/mol. The molecule has 1 aliphatic rings. The molecular formula is C15H28N4. The van der Waals surface area contributed by atoms with E-state index in [1.165, 1.54) is 18.5 Å². The summed E-state index contributed by atoms with van der Waals surface area (Å²) in [5.74, 6) is 0.648. The van der Waals surface area contributed by atoms with Crippen LogP contribution in [0.25, 0.3) is 0 Å². The Morgan fingerprint density at radius 1 is 1.47 bits per heavy atom. The van der Waals surface area contributed by atoms with E-state index in [9.17, 15) is 0 Å². The standard InChI is InChI=1S/C15H28N4/c1-6-7-13-9-19(14(8-16-13)11(2)3)15-10-18(5)17-12(15)4/h10-11,13-14,16H,6-9H2,1-5H3. The normalized spacial score (nSPS) is 24.2. The highest BCUT2D eigenvalue weighted by atomic mass is 15.3. The third kappa shape index (κ3) is 3.11. The molecule has 2 atom stereocenters. The van der Waals surface area contributed by atoms with Crippen molar-refractivity contribution < 1.29 is 0 Å². The van der Waals surface area contributed by atoms with E-state index in [2.05, 4.69) is 49.2 Å². The molecule has 19 heavy (non-hydrogen) atoms. The van der Waals surface area contributed by atoms with Crippen molar-refractivity contribution in [3.8, 4) is 0 Å². The molecule has 0 bridgehead atoms. The number of aromatic nitrogens is 2. The molecule has 4 heteroatoms. The lowest BCUT2D eigenvalue weighted by Gasteiger charge is -2.43. The zero-order chi connectivity index (χ0) is 14.0. The van der Waals surface area contributed by atoms with Gasteiger partial charge in [-0.1, -0.05) is 27.2 Å². The number of hydrogen-bond donors (Lipinski definition) is 1. The van der Waals surface area contributed by atoms with Crippen molar-refractivity contribution in [2.24, 2.45) is 13.0 Å². The quantitative estimate of drug-likeness (QED) is 0.906. The highest BCUT2D eigenvalue weighted by Crippen LogP contribution is 2.26. The van der Waals surface area contributed by atoms with E-state index in [1.54, 1.807) is 0 Å². The van der Waals surface area contributed by atoms with Crippen molar-refractivity contribution in [2.45, 2.75) is 52.6 Å². The van der Waals surface area contributed by atoms with Crippen LogP contribution in [-0.2, 0) is 7.05 Å². The van der Waals surface area contributed by atoms with Gasteiger partial charge in [0, 0.05) is 38.4 Å². The molecule has 1 saturated heterocycles. The summed E-state index contributed by atoms with van der Waals surface area (Å²) >= 11 is 0. The Balaban J connectivity index is 2.22. The molecule has 108 valence electrons. The number of aryl methyl sites for hydroxylation is 2. The molecule has 0 spiro atoms. The molecule has 1 aliphatic heterocycles. The van der Waals surface area contributed by atoms with Crippen LogP contribution >= 0.6 is 0 Å². The second-order valence-electron chi connectivity index (χ2n) is 6.13. The summed E-state index contributed by atoms with van der Waals surface area (Å²) in [6, 6.07) is 1.18. The molecule has 2 heterocycles. The Morgan fingerprint density at radius 2 is 2.21 bits per heavy atom. The summed E-state index contributed by atoms with van der Waals surface area (Å²) in [7, 11) is 2.01. The van der Waals surface area contributed by atoms with Crippen molar-refractivity contribution in [1.82, 2.24) is 15.1 Å². The fourth-order valence-corrected chi connectivity index (χ4v) is 3.12. The minimum absolute atomic E-state index is 0.566. The smallest absolute Gasteiger partial charge is 0.0827 e. The van der Waals surface area contributed by atoms with Crippen LogP contribution in [-0.4, -0.2) is 35.0 Å². The van der Waals surface area contributed by atoms with Gasteiger partial charge in [0.2, 0.25) is 0 Å². The number of nitrogens with one attached hydrogen (secondary N) is 1. The third-order valence-electron chi connectivity index (χ3n) is 4.14. The zero-order valence-electron chi connectivity index (χ0n) is 13.0. The first-order chi connectivity index (χ1) is 9.02. The number of nitrogens with zero attached hydrogens (tertiary/aromatic N) is 3. The van der Waals surface area contributed by atoms with Crippen molar-refractivity contribution in [3.63, 3.8) is 0 Å². The molecule has 0 saturated carbocycles. The third-order valence-corrected chi connectivity index (χ3v) is 4.14. The van der Waals surface area contributed by atoms with Gasteiger partial charge in [-0.3, -0.25) is 4.68 Å². The lowest BCUT2D eigenvalue weighted by Crippen LogP contribution is -2.58. The average Bonchev–Trinajstić information content (AvgIpc) is 2.68. The van der Waals surface area contributed by atoms with Crippen LogP contribution in [0.1, 0.15) is 39.3 Å². The van der Waals surface area contributed by atoms with Crippen LogP contribution in [0.2, 0.25) is 0 Å². The van der Waals surface area contributed by atoms with Gasteiger partial charge in [0.05, 0.1) is 11.4 Å². The van der Waals surface area contributed by atoms with Gasteiger partial charge in [-0.25, -0.2) is 0 Å². The molecule has 1 fully saturated rings. The van der Waals surface area contributed by atoms with E-state index >= 15 is 0 Å². The maximum atomic E-state index is 4.51. The van der Waals surface area contributed by atoms with Crippen molar-refractivity contribution in [1.29, 1.82) is 0 Å². The van der Waals surface area contributed by atoms with Crippen LogP contribution in [0.15, 0.2) is 6.20 Å². The Kier molecular flexibility index (Phi) is 4.50. The van der Waals surface area contributed by atoms with Crippen LogP contribution < -0.4 is 10.2 Å². The first kappa shape index (κ1) is 14.4. The molecule has 2 rings (SSSR count). The van der Waals surface area contributed by atoms with Gasteiger partial charge < -0.3 is 10.2 Å². The summed E-state index contributed by atoms with van der Waals surface area (Å²) in [5, 5.41) is 8.21. The van der Waals surface area contributed by atoms with E-state index in [0.29, 0.717) is 18.0 Å². The molecule has 1 aromatic heterocycles. The van der Waals surface area contributed by atoms with E-state index in [-0.39, 0.29) is 0 Å². The summed E-state index contributed by atoms with van der Waals surface area (Å²) in [6.07, 6.45) is 4.66. The molecule has 1 N–H and O–H groups in total.